The Kier molecular flexibility index (Phi) is 7.17. The molecule has 1 amide bonds. The van der Waals surface area contributed by atoms with Crippen molar-refractivity contribution in [1.29, 1.82) is 5.26 Å². The minimum absolute atomic E-state index is 0.204. The summed E-state index contributed by atoms with van der Waals surface area (Å²) in [6.45, 7) is 1.79. The lowest BCUT2D eigenvalue weighted by Gasteiger charge is -2.12. The lowest BCUT2D eigenvalue weighted by molar-refractivity contribution is -0.115. The summed E-state index contributed by atoms with van der Waals surface area (Å²) in [5.74, 6) is 0.549. The van der Waals surface area contributed by atoms with Gasteiger partial charge in [0.2, 0.25) is 5.91 Å². The van der Waals surface area contributed by atoms with Crippen molar-refractivity contribution in [2.24, 2.45) is 0 Å². The van der Waals surface area contributed by atoms with Gasteiger partial charge in [0.25, 0.3) is 0 Å². The molecule has 6 nitrogen and oxygen atoms in total. The molecule has 8 heteroatoms. The van der Waals surface area contributed by atoms with Gasteiger partial charge in [-0.1, -0.05) is 48.2 Å². The van der Waals surface area contributed by atoms with Crippen LogP contribution in [-0.4, -0.2) is 28.2 Å². The van der Waals surface area contributed by atoms with Crippen LogP contribution in [0.5, 0.6) is 5.75 Å². The standard InChI is InChI=1S/C29H22N4O2S2/c1-18(37-28-23(16-30)11-14-25(31-28)20-9-12-24(35-2)13-10-20)27(34)33-29-32-26(17-36-29)22-8-7-19-5-3-4-6-21(19)15-22/h3-15,17-18H,1-2H3,(H,32,33,34). The van der Waals surface area contributed by atoms with Crippen LogP contribution in [0.4, 0.5) is 5.13 Å². The zero-order valence-corrected chi connectivity index (χ0v) is 21.8. The number of benzene rings is 3. The highest BCUT2D eigenvalue weighted by molar-refractivity contribution is 8.00. The number of hydrogen-bond donors (Lipinski definition) is 1. The van der Waals surface area contributed by atoms with E-state index in [1.54, 1.807) is 26.2 Å². The van der Waals surface area contributed by atoms with Gasteiger partial charge in [-0.05, 0) is 60.2 Å². The predicted octanol–water partition coefficient (Wildman–Crippen LogP) is 7.02. The van der Waals surface area contributed by atoms with Crippen LogP contribution in [0.2, 0.25) is 0 Å². The summed E-state index contributed by atoms with van der Waals surface area (Å²) in [5, 5.41) is 17.3. The van der Waals surface area contributed by atoms with Crippen molar-refractivity contribution in [2.75, 3.05) is 12.4 Å². The molecule has 2 heterocycles. The number of amides is 1. The number of hydrogen-bond acceptors (Lipinski definition) is 7. The quantitative estimate of drug-likeness (QED) is 0.231. The molecule has 0 aliphatic carbocycles. The number of rotatable bonds is 7. The molecule has 0 radical (unpaired) electrons. The topological polar surface area (TPSA) is 87.9 Å². The van der Waals surface area contributed by atoms with Crippen molar-refractivity contribution >= 4 is 44.9 Å². The zero-order chi connectivity index (χ0) is 25.8. The third-order valence-corrected chi connectivity index (χ3v) is 7.66. The molecule has 0 saturated carbocycles. The molecule has 37 heavy (non-hydrogen) atoms. The Morgan fingerprint density at radius 3 is 2.49 bits per heavy atom. The van der Waals surface area contributed by atoms with Crippen molar-refractivity contribution in [1.82, 2.24) is 9.97 Å². The average molecular weight is 523 g/mol. The molecule has 0 bridgehead atoms. The van der Waals surface area contributed by atoms with Gasteiger partial charge in [-0.25, -0.2) is 9.97 Å². The summed E-state index contributed by atoms with van der Waals surface area (Å²) in [6.07, 6.45) is 0. The number of nitrogens with one attached hydrogen (secondary N) is 1. The van der Waals surface area contributed by atoms with E-state index in [1.807, 2.05) is 47.8 Å². The van der Waals surface area contributed by atoms with Gasteiger partial charge in [0, 0.05) is 16.5 Å². The highest BCUT2D eigenvalue weighted by Gasteiger charge is 2.20. The number of fused-ring (bicyclic) bond motifs is 1. The van der Waals surface area contributed by atoms with Crippen molar-refractivity contribution in [2.45, 2.75) is 17.2 Å². The number of carbonyl (C=O) groups excluding carboxylic acids is 1. The van der Waals surface area contributed by atoms with E-state index >= 15 is 0 Å². The van der Waals surface area contributed by atoms with Gasteiger partial charge >= 0.3 is 0 Å². The van der Waals surface area contributed by atoms with Gasteiger partial charge in [0.1, 0.15) is 16.8 Å². The Labute approximate surface area is 223 Å². The predicted molar refractivity (Wildman–Crippen MR) is 150 cm³/mol. The SMILES string of the molecule is COc1ccc(-c2ccc(C#N)c(SC(C)C(=O)Nc3nc(-c4ccc5ccccc5c4)cs3)n2)cc1. The summed E-state index contributed by atoms with van der Waals surface area (Å²) < 4.78 is 5.22. The molecule has 5 aromatic rings. The Bertz CT molecular complexity index is 1620. The highest BCUT2D eigenvalue weighted by Crippen LogP contribution is 2.31. The van der Waals surface area contributed by atoms with Crippen LogP contribution in [0, 0.1) is 11.3 Å². The number of methoxy groups -OCH3 is 1. The Hall–Kier alpha value is -4.19. The first-order valence-corrected chi connectivity index (χ1v) is 13.3. The molecule has 0 saturated heterocycles. The van der Waals surface area contributed by atoms with Gasteiger partial charge in [-0.15, -0.1) is 11.3 Å². The largest absolute Gasteiger partial charge is 0.497 e. The number of carbonyl (C=O) groups is 1. The monoisotopic (exact) mass is 522 g/mol. The van der Waals surface area contributed by atoms with Crippen LogP contribution >= 0.6 is 23.1 Å². The first-order valence-electron chi connectivity index (χ1n) is 11.5. The summed E-state index contributed by atoms with van der Waals surface area (Å²) in [6, 6.07) is 27.6. The van der Waals surface area contributed by atoms with E-state index in [4.69, 9.17) is 4.74 Å². The zero-order valence-electron chi connectivity index (χ0n) is 20.1. The molecular weight excluding hydrogens is 500 g/mol. The van der Waals surface area contributed by atoms with Crippen LogP contribution in [-0.2, 0) is 4.79 Å². The van der Waals surface area contributed by atoms with E-state index in [0.717, 1.165) is 33.7 Å². The maximum Gasteiger partial charge on any atom is 0.239 e. The minimum Gasteiger partial charge on any atom is -0.497 e. The van der Waals surface area contributed by atoms with Gasteiger partial charge in [0.15, 0.2) is 5.13 Å². The van der Waals surface area contributed by atoms with Crippen molar-refractivity contribution < 1.29 is 9.53 Å². The highest BCUT2D eigenvalue weighted by atomic mass is 32.2. The van der Waals surface area contributed by atoms with E-state index in [0.29, 0.717) is 15.7 Å². The molecule has 5 rings (SSSR count). The number of aromatic nitrogens is 2. The molecular formula is C29H22N4O2S2. The fourth-order valence-electron chi connectivity index (χ4n) is 3.78. The number of pyridine rings is 1. The number of ether oxygens (including phenoxy) is 1. The van der Waals surface area contributed by atoms with E-state index in [-0.39, 0.29) is 5.91 Å². The number of anilines is 1. The molecule has 0 spiro atoms. The maximum atomic E-state index is 13.0. The number of nitrogens with zero attached hydrogens (tertiary/aromatic N) is 3. The second kappa shape index (κ2) is 10.8. The van der Waals surface area contributed by atoms with Gasteiger partial charge in [0.05, 0.1) is 29.3 Å². The Morgan fingerprint density at radius 1 is 0.973 bits per heavy atom. The Morgan fingerprint density at radius 2 is 1.73 bits per heavy atom. The molecule has 0 aliphatic rings. The van der Waals surface area contributed by atoms with Crippen LogP contribution in [0.15, 0.2) is 89.3 Å². The van der Waals surface area contributed by atoms with E-state index in [9.17, 15) is 10.1 Å². The van der Waals surface area contributed by atoms with E-state index in [1.165, 1.54) is 28.5 Å². The van der Waals surface area contributed by atoms with Crippen LogP contribution in [0.1, 0.15) is 12.5 Å². The molecule has 0 fully saturated rings. The average Bonchev–Trinajstić information content (AvgIpc) is 3.41. The number of nitriles is 1. The van der Waals surface area contributed by atoms with Crippen LogP contribution < -0.4 is 10.1 Å². The summed E-state index contributed by atoms with van der Waals surface area (Å²) >= 11 is 2.63. The minimum atomic E-state index is -0.487. The lowest BCUT2D eigenvalue weighted by atomic mass is 10.1. The Balaban J connectivity index is 1.29. The van der Waals surface area contributed by atoms with Gasteiger partial charge in [-0.2, -0.15) is 5.26 Å². The summed E-state index contributed by atoms with van der Waals surface area (Å²) in [4.78, 5) is 22.3. The lowest BCUT2D eigenvalue weighted by Crippen LogP contribution is -2.22. The van der Waals surface area contributed by atoms with Crippen LogP contribution in [0.25, 0.3) is 33.3 Å². The molecule has 0 aliphatic heterocycles. The normalized spacial score (nSPS) is 11.6. The van der Waals surface area contributed by atoms with Gasteiger partial charge in [-0.3, -0.25) is 4.79 Å². The molecule has 1 atom stereocenters. The van der Waals surface area contributed by atoms with Crippen molar-refractivity contribution in [3.8, 4) is 34.3 Å². The summed E-state index contributed by atoms with van der Waals surface area (Å²) in [7, 11) is 1.62. The van der Waals surface area contributed by atoms with E-state index in [2.05, 4.69) is 45.6 Å². The number of thioether (sulfide) groups is 1. The molecule has 182 valence electrons. The first kappa shape index (κ1) is 24.5. The third kappa shape index (κ3) is 5.48. The fourth-order valence-corrected chi connectivity index (χ4v) is 5.39. The summed E-state index contributed by atoms with van der Waals surface area (Å²) in [5.41, 5.74) is 3.85. The first-order chi connectivity index (χ1) is 18.0. The maximum absolute atomic E-state index is 13.0. The smallest absolute Gasteiger partial charge is 0.239 e. The van der Waals surface area contributed by atoms with Crippen molar-refractivity contribution in [3.05, 3.63) is 89.8 Å². The second-order valence-corrected chi connectivity index (χ2v) is 10.4. The third-order valence-electron chi connectivity index (χ3n) is 5.80. The second-order valence-electron chi connectivity index (χ2n) is 8.24. The number of thiazole rings is 1. The molecule has 3 aromatic carbocycles. The van der Waals surface area contributed by atoms with Crippen molar-refractivity contribution in [3.63, 3.8) is 0 Å². The fraction of sp³-hybridized carbons (Fsp3) is 0.103. The molecule has 2 aromatic heterocycles. The van der Waals surface area contributed by atoms with Crippen LogP contribution in [0.3, 0.4) is 0 Å². The molecule has 1 N–H and O–H groups in total. The van der Waals surface area contributed by atoms with Gasteiger partial charge < -0.3 is 10.1 Å². The molecule has 1 unspecified atom stereocenters. The van der Waals surface area contributed by atoms with E-state index < -0.39 is 5.25 Å².